The van der Waals surface area contributed by atoms with E-state index in [0.717, 1.165) is 19.3 Å². The van der Waals surface area contributed by atoms with Gasteiger partial charge in [0.2, 0.25) is 0 Å². The van der Waals surface area contributed by atoms with Crippen LogP contribution in [0.25, 0.3) is 0 Å². The fraction of sp³-hybridized carbons (Fsp3) is 1.00. The van der Waals surface area contributed by atoms with Gasteiger partial charge in [0.25, 0.3) is 0 Å². The van der Waals surface area contributed by atoms with Crippen LogP contribution in [0.5, 0.6) is 0 Å². The Kier molecular flexibility index (Phi) is 5.54. The number of rotatable bonds is 4. The maximum atomic E-state index is 12.2. The van der Waals surface area contributed by atoms with Crippen LogP contribution < -0.4 is 5.32 Å². The molecule has 0 aromatic heterocycles. The van der Waals surface area contributed by atoms with E-state index < -0.39 is 28.7 Å². The molecule has 124 valence electrons. The first-order valence-electron chi connectivity index (χ1n) is 7.38. The SMILES string of the molecule is O=S1(=O)CCCC(NC2CCCC(OCC(F)(F)F)C2)C1. The molecule has 4 nitrogen and oxygen atoms in total. The standard InChI is InChI=1S/C13H22F3NO3S/c14-13(15,16)9-20-12-5-1-3-10(7-12)17-11-4-2-6-21(18,19)8-11/h10-12,17H,1-9H2. The van der Waals surface area contributed by atoms with Crippen LogP contribution in [0, 0.1) is 0 Å². The fourth-order valence-electron chi connectivity index (χ4n) is 3.15. The van der Waals surface area contributed by atoms with Gasteiger partial charge in [0, 0.05) is 12.1 Å². The molecule has 1 saturated carbocycles. The molecular weight excluding hydrogens is 307 g/mol. The van der Waals surface area contributed by atoms with Gasteiger partial charge in [0.1, 0.15) is 6.61 Å². The summed E-state index contributed by atoms with van der Waals surface area (Å²) in [6, 6.07) is -0.0228. The first kappa shape index (κ1) is 17.0. The minimum absolute atomic E-state index is 0.0512. The molecule has 0 aromatic rings. The highest BCUT2D eigenvalue weighted by Crippen LogP contribution is 2.25. The Morgan fingerprint density at radius 2 is 1.81 bits per heavy atom. The average molecular weight is 329 g/mol. The lowest BCUT2D eigenvalue weighted by Gasteiger charge is -2.34. The van der Waals surface area contributed by atoms with Crippen molar-refractivity contribution in [3.63, 3.8) is 0 Å². The minimum Gasteiger partial charge on any atom is -0.369 e. The molecule has 2 fully saturated rings. The summed E-state index contributed by atoms with van der Waals surface area (Å²) in [7, 11) is -2.97. The van der Waals surface area contributed by atoms with Crippen molar-refractivity contribution in [1.82, 2.24) is 5.32 Å². The summed E-state index contributed by atoms with van der Waals surface area (Å²) in [5.41, 5.74) is 0. The summed E-state index contributed by atoms with van der Waals surface area (Å²) in [5, 5.41) is 3.30. The molecule has 1 heterocycles. The number of hydrogen-bond acceptors (Lipinski definition) is 4. The fourth-order valence-corrected chi connectivity index (χ4v) is 4.80. The highest BCUT2D eigenvalue weighted by atomic mass is 32.2. The Hall–Kier alpha value is -0.340. The van der Waals surface area contributed by atoms with Crippen LogP contribution in [0.3, 0.4) is 0 Å². The number of alkyl halides is 3. The molecule has 21 heavy (non-hydrogen) atoms. The van der Waals surface area contributed by atoms with Crippen molar-refractivity contribution in [1.29, 1.82) is 0 Å². The van der Waals surface area contributed by atoms with Gasteiger partial charge in [-0.3, -0.25) is 0 Å². The van der Waals surface area contributed by atoms with Crippen LogP contribution in [0.1, 0.15) is 38.5 Å². The number of nitrogens with one attached hydrogen (secondary N) is 1. The first-order chi connectivity index (χ1) is 9.73. The molecule has 0 radical (unpaired) electrons. The second kappa shape index (κ2) is 6.83. The molecule has 0 bridgehead atoms. The van der Waals surface area contributed by atoms with E-state index in [1.165, 1.54) is 0 Å². The van der Waals surface area contributed by atoms with Crippen LogP contribution in [0.4, 0.5) is 13.2 Å². The lowest BCUT2D eigenvalue weighted by molar-refractivity contribution is -0.188. The molecule has 0 aromatic carbocycles. The monoisotopic (exact) mass is 329 g/mol. The molecule has 2 aliphatic rings. The summed E-state index contributed by atoms with van der Waals surface area (Å²) in [6.07, 6.45) is -0.396. The molecule has 1 aliphatic carbocycles. The third kappa shape index (κ3) is 6.12. The molecule has 3 atom stereocenters. The molecule has 1 saturated heterocycles. The zero-order chi connectivity index (χ0) is 15.5. The zero-order valence-corrected chi connectivity index (χ0v) is 12.7. The van der Waals surface area contributed by atoms with Crippen molar-refractivity contribution in [2.45, 2.75) is 62.9 Å². The molecular formula is C13H22F3NO3S. The van der Waals surface area contributed by atoms with Crippen molar-refractivity contribution >= 4 is 9.84 Å². The maximum absolute atomic E-state index is 12.2. The predicted molar refractivity (Wildman–Crippen MR) is 72.9 cm³/mol. The Balaban J connectivity index is 1.78. The number of ether oxygens (including phenoxy) is 1. The first-order valence-corrected chi connectivity index (χ1v) is 9.20. The molecule has 3 unspecified atom stereocenters. The largest absolute Gasteiger partial charge is 0.411 e. The normalized spacial score (nSPS) is 33.8. The van der Waals surface area contributed by atoms with Crippen LogP contribution in [0.2, 0.25) is 0 Å². The van der Waals surface area contributed by atoms with Gasteiger partial charge in [-0.25, -0.2) is 8.42 Å². The van der Waals surface area contributed by atoms with E-state index in [2.05, 4.69) is 5.32 Å². The van der Waals surface area contributed by atoms with Crippen LogP contribution in [-0.2, 0) is 14.6 Å². The van der Waals surface area contributed by atoms with Gasteiger partial charge in [0.05, 0.1) is 17.6 Å². The van der Waals surface area contributed by atoms with Crippen molar-refractivity contribution in [2.24, 2.45) is 0 Å². The summed E-state index contributed by atoms with van der Waals surface area (Å²) >= 11 is 0. The summed E-state index contributed by atoms with van der Waals surface area (Å²) in [5.74, 6) is 0.380. The third-order valence-corrected chi connectivity index (χ3v) is 5.86. The smallest absolute Gasteiger partial charge is 0.369 e. The topological polar surface area (TPSA) is 55.4 Å². The number of hydrogen-bond donors (Lipinski definition) is 1. The molecule has 2 rings (SSSR count). The number of halogens is 3. The second-order valence-corrected chi connectivity index (χ2v) is 8.26. The lowest BCUT2D eigenvalue weighted by Crippen LogP contribution is -2.47. The van der Waals surface area contributed by atoms with Gasteiger partial charge < -0.3 is 10.1 Å². The van der Waals surface area contributed by atoms with E-state index in [0.29, 0.717) is 19.3 Å². The Labute approximate surface area is 123 Å². The number of sulfone groups is 1. The third-order valence-electron chi connectivity index (χ3n) is 4.04. The van der Waals surface area contributed by atoms with Gasteiger partial charge in [-0.1, -0.05) is 0 Å². The lowest BCUT2D eigenvalue weighted by atomic mass is 9.92. The van der Waals surface area contributed by atoms with Crippen molar-refractivity contribution in [3.8, 4) is 0 Å². The minimum atomic E-state index is -4.29. The van der Waals surface area contributed by atoms with E-state index in [-0.39, 0.29) is 23.6 Å². The van der Waals surface area contributed by atoms with Gasteiger partial charge in [0.15, 0.2) is 9.84 Å². The molecule has 8 heteroatoms. The molecule has 0 amide bonds. The van der Waals surface area contributed by atoms with Crippen molar-refractivity contribution in [2.75, 3.05) is 18.1 Å². The van der Waals surface area contributed by atoms with Crippen molar-refractivity contribution in [3.05, 3.63) is 0 Å². The highest BCUT2D eigenvalue weighted by Gasteiger charge is 2.32. The zero-order valence-electron chi connectivity index (χ0n) is 11.9. The maximum Gasteiger partial charge on any atom is 0.411 e. The van der Waals surface area contributed by atoms with Crippen LogP contribution >= 0.6 is 0 Å². The van der Waals surface area contributed by atoms with Crippen LogP contribution in [-0.4, -0.2) is 50.9 Å². The van der Waals surface area contributed by atoms with E-state index in [1.54, 1.807) is 0 Å². The van der Waals surface area contributed by atoms with E-state index >= 15 is 0 Å². The van der Waals surface area contributed by atoms with Crippen molar-refractivity contribution < 1.29 is 26.3 Å². The van der Waals surface area contributed by atoms with Gasteiger partial charge in [-0.05, 0) is 38.5 Å². The molecule has 0 spiro atoms. The Morgan fingerprint density at radius 1 is 1.10 bits per heavy atom. The molecule has 1 aliphatic heterocycles. The van der Waals surface area contributed by atoms with Gasteiger partial charge in [-0.2, -0.15) is 13.2 Å². The second-order valence-electron chi connectivity index (χ2n) is 6.03. The summed E-state index contributed by atoms with van der Waals surface area (Å²) in [4.78, 5) is 0. The Morgan fingerprint density at radius 3 is 2.48 bits per heavy atom. The van der Waals surface area contributed by atoms with Crippen LogP contribution in [0.15, 0.2) is 0 Å². The predicted octanol–water partition coefficient (Wildman–Crippen LogP) is 2.04. The summed E-state index contributed by atoms with van der Waals surface area (Å²) < 4.78 is 64.6. The summed E-state index contributed by atoms with van der Waals surface area (Å²) in [6.45, 7) is -1.21. The Bertz CT molecular complexity index is 438. The average Bonchev–Trinajstić information content (AvgIpc) is 2.35. The van der Waals surface area contributed by atoms with E-state index in [1.807, 2.05) is 0 Å². The highest BCUT2D eigenvalue weighted by molar-refractivity contribution is 7.91. The van der Waals surface area contributed by atoms with Gasteiger partial charge >= 0.3 is 6.18 Å². The van der Waals surface area contributed by atoms with E-state index in [4.69, 9.17) is 4.74 Å². The van der Waals surface area contributed by atoms with Gasteiger partial charge in [-0.15, -0.1) is 0 Å². The molecule has 1 N–H and O–H groups in total. The quantitative estimate of drug-likeness (QED) is 0.858. The van der Waals surface area contributed by atoms with E-state index in [9.17, 15) is 21.6 Å².